The highest BCUT2D eigenvalue weighted by atomic mass is 16.7. The first kappa shape index (κ1) is 20.6. The van der Waals surface area contributed by atoms with Gasteiger partial charge in [0.05, 0.1) is 19.4 Å². The standard InChI is InChI=1S/C23H27NO5/c1-6-16(10-15-11-20(26-5)23-21(12-15)28-14-29-23)22(25)17-8-9-19(27-7-2)18(13-17)24(3)4/h8-13H,6-7,14H2,1-5H3/b16-10+. The third kappa shape index (κ3) is 4.31. The summed E-state index contributed by atoms with van der Waals surface area (Å²) in [5.41, 5.74) is 3.02. The van der Waals surface area contributed by atoms with Crippen molar-refractivity contribution in [2.75, 3.05) is 39.5 Å². The topological polar surface area (TPSA) is 57.2 Å². The van der Waals surface area contributed by atoms with Gasteiger partial charge < -0.3 is 23.8 Å². The van der Waals surface area contributed by atoms with E-state index in [1.54, 1.807) is 7.11 Å². The van der Waals surface area contributed by atoms with Crippen molar-refractivity contribution < 1.29 is 23.7 Å². The summed E-state index contributed by atoms with van der Waals surface area (Å²) < 4.78 is 22.0. The highest BCUT2D eigenvalue weighted by molar-refractivity contribution is 6.11. The molecule has 0 bridgehead atoms. The number of hydrogen-bond donors (Lipinski definition) is 0. The zero-order valence-corrected chi connectivity index (χ0v) is 17.6. The second kappa shape index (κ2) is 8.90. The van der Waals surface area contributed by atoms with Crippen molar-refractivity contribution >= 4 is 17.5 Å². The lowest BCUT2D eigenvalue weighted by atomic mass is 9.98. The second-order valence-electron chi connectivity index (χ2n) is 6.82. The monoisotopic (exact) mass is 397 g/mol. The number of ether oxygens (including phenoxy) is 4. The highest BCUT2D eigenvalue weighted by Crippen LogP contribution is 2.42. The molecule has 0 fully saturated rings. The summed E-state index contributed by atoms with van der Waals surface area (Å²) in [4.78, 5) is 15.1. The third-order valence-electron chi connectivity index (χ3n) is 4.70. The maximum Gasteiger partial charge on any atom is 0.231 e. The van der Waals surface area contributed by atoms with Gasteiger partial charge in [-0.05, 0) is 55.3 Å². The van der Waals surface area contributed by atoms with E-state index < -0.39 is 0 Å². The van der Waals surface area contributed by atoms with E-state index in [4.69, 9.17) is 18.9 Å². The van der Waals surface area contributed by atoms with Crippen molar-refractivity contribution in [1.82, 2.24) is 0 Å². The van der Waals surface area contributed by atoms with Gasteiger partial charge >= 0.3 is 0 Å². The van der Waals surface area contributed by atoms with Gasteiger partial charge in [-0.25, -0.2) is 0 Å². The lowest BCUT2D eigenvalue weighted by Crippen LogP contribution is -2.12. The van der Waals surface area contributed by atoms with E-state index in [1.165, 1.54) is 0 Å². The van der Waals surface area contributed by atoms with Gasteiger partial charge in [-0.2, -0.15) is 0 Å². The number of methoxy groups -OCH3 is 1. The van der Waals surface area contributed by atoms with Crippen molar-refractivity contribution in [3.05, 3.63) is 47.0 Å². The minimum absolute atomic E-state index is 0.0183. The van der Waals surface area contributed by atoms with Crippen LogP contribution >= 0.6 is 0 Å². The third-order valence-corrected chi connectivity index (χ3v) is 4.70. The number of carbonyl (C=O) groups is 1. The van der Waals surface area contributed by atoms with E-state index in [0.717, 1.165) is 17.0 Å². The Labute approximate surface area is 171 Å². The van der Waals surface area contributed by atoms with E-state index in [0.29, 0.717) is 41.4 Å². The molecule has 0 spiro atoms. The molecule has 0 amide bonds. The van der Waals surface area contributed by atoms with Crippen LogP contribution in [0.3, 0.4) is 0 Å². The number of ketones is 1. The zero-order valence-electron chi connectivity index (χ0n) is 17.6. The number of fused-ring (bicyclic) bond motifs is 1. The maximum atomic E-state index is 13.2. The van der Waals surface area contributed by atoms with Gasteiger partial charge in [0.25, 0.3) is 0 Å². The molecule has 6 nitrogen and oxygen atoms in total. The molecular formula is C23H27NO5. The molecule has 1 aliphatic rings. The molecule has 0 radical (unpaired) electrons. The van der Waals surface area contributed by atoms with Crippen LogP contribution in [0.5, 0.6) is 23.0 Å². The van der Waals surface area contributed by atoms with E-state index in [-0.39, 0.29) is 12.6 Å². The summed E-state index contributed by atoms with van der Waals surface area (Å²) >= 11 is 0. The van der Waals surface area contributed by atoms with E-state index in [1.807, 2.05) is 69.3 Å². The number of benzene rings is 2. The highest BCUT2D eigenvalue weighted by Gasteiger charge is 2.21. The summed E-state index contributed by atoms with van der Waals surface area (Å²) in [5.74, 6) is 2.54. The molecule has 6 heteroatoms. The van der Waals surface area contributed by atoms with Gasteiger partial charge in [-0.15, -0.1) is 0 Å². The minimum atomic E-state index is -0.0183. The van der Waals surface area contributed by atoms with Crippen LogP contribution in [-0.2, 0) is 0 Å². The molecule has 29 heavy (non-hydrogen) atoms. The largest absolute Gasteiger partial charge is 0.493 e. The number of carbonyl (C=O) groups excluding carboxylic acids is 1. The summed E-state index contributed by atoms with van der Waals surface area (Å²) in [5, 5.41) is 0. The van der Waals surface area contributed by atoms with Crippen molar-refractivity contribution in [3.63, 3.8) is 0 Å². The molecule has 0 saturated carbocycles. The molecule has 1 aliphatic heterocycles. The van der Waals surface area contributed by atoms with E-state index in [2.05, 4.69) is 0 Å². The lowest BCUT2D eigenvalue weighted by molar-refractivity contribution is 0.103. The van der Waals surface area contributed by atoms with Crippen LogP contribution < -0.4 is 23.8 Å². The smallest absolute Gasteiger partial charge is 0.231 e. The SMILES string of the molecule is CCOc1ccc(C(=O)/C(=C/c2cc(OC)c3c(c2)OCO3)CC)cc1N(C)C. The first-order valence-corrected chi connectivity index (χ1v) is 9.65. The normalized spacial score (nSPS) is 12.7. The molecule has 3 rings (SSSR count). The number of hydrogen-bond acceptors (Lipinski definition) is 6. The Balaban J connectivity index is 1.96. The number of nitrogens with zero attached hydrogens (tertiary/aromatic N) is 1. The Morgan fingerprint density at radius 1 is 1.14 bits per heavy atom. The Morgan fingerprint density at radius 2 is 1.93 bits per heavy atom. The van der Waals surface area contributed by atoms with E-state index in [9.17, 15) is 4.79 Å². The fourth-order valence-corrected chi connectivity index (χ4v) is 3.23. The number of allylic oxidation sites excluding steroid dienone is 1. The molecular weight excluding hydrogens is 370 g/mol. The number of rotatable bonds is 8. The Kier molecular flexibility index (Phi) is 6.32. The van der Waals surface area contributed by atoms with Crippen LogP contribution in [-0.4, -0.2) is 40.4 Å². The number of Topliss-reactive ketones (excluding diaryl/α,β-unsaturated/α-hetero) is 1. The minimum Gasteiger partial charge on any atom is -0.493 e. The molecule has 0 saturated heterocycles. The molecule has 0 aliphatic carbocycles. The number of anilines is 1. The van der Waals surface area contributed by atoms with Gasteiger partial charge in [0.2, 0.25) is 12.5 Å². The van der Waals surface area contributed by atoms with Crippen molar-refractivity contribution in [2.24, 2.45) is 0 Å². The van der Waals surface area contributed by atoms with Crippen molar-refractivity contribution in [3.8, 4) is 23.0 Å². The van der Waals surface area contributed by atoms with Gasteiger partial charge in [0, 0.05) is 25.2 Å². The summed E-state index contributed by atoms with van der Waals surface area (Å²) in [6.45, 7) is 4.64. The molecule has 2 aromatic carbocycles. The summed E-state index contributed by atoms with van der Waals surface area (Å²) in [6.07, 6.45) is 2.47. The summed E-state index contributed by atoms with van der Waals surface area (Å²) in [6, 6.07) is 9.24. The molecule has 2 aromatic rings. The Hall–Kier alpha value is -3.15. The fraction of sp³-hybridized carbons (Fsp3) is 0.348. The summed E-state index contributed by atoms with van der Waals surface area (Å²) in [7, 11) is 5.45. The predicted molar refractivity (Wildman–Crippen MR) is 114 cm³/mol. The molecule has 154 valence electrons. The quantitative estimate of drug-likeness (QED) is 0.481. The zero-order chi connectivity index (χ0) is 21.0. The van der Waals surface area contributed by atoms with Crippen LogP contribution in [0, 0.1) is 0 Å². The predicted octanol–water partition coefficient (Wildman–Crippen LogP) is 4.56. The average Bonchev–Trinajstić information content (AvgIpc) is 3.20. The lowest BCUT2D eigenvalue weighted by Gasteiger charge is -2.18. The van der Waals surface area contributed by atoms with Crippen LogP contribution in [0.2, 0.25) is 0 Å². The molecule has 0 unspecified atom stereocenters. The first-order valence-electron chi connectivity index (χ1n) is 9.65. The second-order valence-corrected chi connectivity index (χ2v) is 6.82. The molecule has 0 N–H and O–H groups in total. The van der Waals surface area contributed by atoms with Gasteiger partial charge in [-0.3, -0.25) is 4.79 Å². The van der Waals surface area contributed by atoms with Crippen LogP contribution in [0.25, 0.3) is 6.08 Å². The molecule has 0 atom stereocenters. The van der Waals surface area contributed by atoms with Gasteiger partial charge in [0.15, 0.2) is 17.3 Å². The van der Waals surface area contributed by atoms with Crippen LogP contribution in [0.15, 0.2) is 35.9 Å². The van der Waals surface area contributed by atoms with Crippen molar-refractivity contribution in [2.45, 2.75) is 20.3 Å². The Morgan fingerprint density at radius 3 is 2.59 bits per heavy atom. The van der Waals surface area contributed by atoms with E-state index >= 15 is 0 Å². The van der Waals surface area contributed by atoms with Crippen molar-refractivity contribution in [1.29, 1.82) is 0 Å². The maximum absolute atomic E-state index is 13.2. The van der Waals surface area contributed by atoms with Gasteiger partial charge in [0.1, 0.15) is 5.75 Å². The molecule has 1 heterocycles. The fourth-order valence-electron chi connectivity index (χ4n) is 3.23. The van der Waals surface area contributed by atoms with Gasteiger partial charge in [-0.1, -0.05) is 6.92 Å². The first-order chi connectivity index (χ1) is 14.0. The Bertz CT molecular complexity index is 933. The molecule has 0 aromatic heterocycles. The average molecular weight is 397 g/mol. The van der Waals surface area contributed by atoms with Crippen LogP contribution in [0.1, 0.15) is 36.2 Å². The van der Waals surface area contributed by atoms with Crippen LogP contribution in [0.4, 0.5) is 5.69 Å².